The third-order valence-corrected chi connectivity index (χ3v) is 5.07. The first kappa shape index (κ1) is 13.3. The Hall–Kier alpha value is -1.39. The molecule has 0 radical (unpaired) electrons. The lowest BCUT2D eigenvalue weighted by molar-refractivity contribution is 0.234. The number of nitrogens with zero attached hydrogens (tertiary/aromatic N) is 3. The maximum atomic E-state index is 4.64. The Morgan fingerprint density at radius 2 is 2.00 bits per heavy atom. The molecule has 0 bridgehead atoms. The Bertz CT molecular complexity index is 600. The zero-order valence-electron chi connectivity index (χ0n) is 12.5. The van der Waals surface area contributed by atoms with Crippen LogP contribution in [0.15, 0.2) is 30.5 Å². The Morgan fingerprint density at radius 1 is 1.14 bits per heavy atom. The molecule has 1 N–H and O–H groups in total. The van der Waals surface area contributed by atoms with Gasteiger partial charge in [0.05, 0.1) is 17.8 Å². The number of nitrogens with one attached hydrogen (secondary N) is 1. The van der Waals surface area contributed by atoms with Crippen LogP contribution in [0.25, 0.3) is 10.9 Å². The Labute approximate surface area is 126 Å². The molecule has 3 heterocycles. The molecule has 1 aromatic carbocycles. The molecule has 2 fully saturated rings. The molecular formula is C17H24N4. The van der Waals surface area contributed by atoms with E-state index >= 15 is 0 Å². The molecule has 1 unspecified atom stereocenters. The number of hydrogen-bond acceptors (Lipinski definition) is 3. The number of aromatic nitrogens is 2. The van der Waals surface area contributed by atoms with Crippen molar-refractivity contribution in [2.45, 2.75) is 25.3 Å². The molecule has 2 aromatic rings. The van der Waals surface area contributed by atoms with Crippen LogP contribution in [-0.4, -0.2) is 47.4 Å². The maximum Gasteiger partial charge on any atom is 0.0686 e. The zero-order valence-corrected chi connectivity index (χ0v) is 12.5. The van der Waals surface area contributed by atoms with Crippen LogP contribution in [0.2, 0.25) is 0 Å². The van der Waals surface area contributed by atoms with Crippen LogP contribution in [-0.2, 0) is 0 Å². The minimum Gasteiger partial charge on any atom is -0.317 e. The van der Waals surface area contributed by atoms with Crippen molar-refractivity contribution >= 4 is 10.9 Å². The van der Waals surface area contributed by atoms with E-state index < -0.39 is 0 Å². The summed E-state index contributed by atoms with van der Waals surface area (Å²) in [5.74, 6) is 0.888. The predicted molar refractivity (Wildman–Crippen MR) is 85.4 cm³/mol. The third-order valence-electron chi connectivity index (χ3n) is 5.07. The van der Waals surface area contributed by atoms with Gasteiger partial charge in [0.1, 0.15) is 0 Å². The second-order valence-corrected chi connectivity index (χ2v) is 6.54. The molecule has 112 valence electrons. The summed E-state index contributed by atoms with van der Waals surface area (Å²) in [6.07, 6.45) is 5.92. The largest absolute Gasteiger partial charge is 0.317 e. The van der Waals surface area contributed by atoms with E-state index in [9.17, 15) is 0 Å². The highest BCUT2D eigenvalue weighted by Crippen LogP contribution is 2.27. The van der Waals surface area contributed by atoms with Crippen molar-refractivity contribution in [1.29, 1.82) is 0 Å². The van der Waals surface area contributed by atoms with Gasteiger partial charge in [-0.15, -0.1) is 0 Å². The highest BCUT2D eigenvalue weighted by Gasteiger charge is 2.27. The molecule has 1 aromatic heterocycles. The summed E-state index contributed by atoms with van der Waals surface area (Å²) in [4.78, 5) is 2.65. The molecular weight excluding hydrogens is 260 g/mol. The number of rotatable bonds is 3. The minimum atomic E-state index is 0.548. The van der Waals surface area contributed by atoms with E-state index in [0.717, 1.165) is 12.5 Å². The van der Waals surface area contributed by atoms with Gasteiger partial charge >= 0.3 is 0 Å². The number of likely N-dealkylation sites (tertiary alicyclic amines) is 1. The number of piperidine rings is 1. The van der Waals surface area contributed by atoms with E-state index in [4.69, 9.17) is 0 Å². The van der Waals surface area contributed by atoms with E-state index in [1.807, 2.05) is 6.20 Å². The average Bonchev–Trinajstić information content (AvgIpc) is 3.14. The first-order valence-electron chi connectivity index (χ1n) is 8.25. The van der Waals surface area contributed by atoms with E-state index in [0.29, 0.717) is 6.04 Å². The predicted octanol–water partition coefficient (Wildman–Crippen LogP) is 2.28. The van der Waals surface area contributed by atoms with Gasteiger partial charge in [-0.25, -0.2) is 0 Å². The van der Waals surface area contributed by atoms with Gasteiger partial charge in [0.15, 0.2) is 0 Å². The van der Waals surface area contributed by atoms with E-state index in [-0.39, 0.29) is 0 Å². The van der Waals surface area contributed by atoms with Crippen molar-refractivity contribution in [3.63, 3.8) is 0 Å². The fourth-order valence-electron chi connectivity index (χ4n) is 3.89. The standard InChI is InChI=1S/C17H24N4/c1-2-4-17-15(3-1)11-19-21(17)16-7-10-20(13-16)12-14-5-8-18-9-6-14/h1-4,11,14,16,18H,5-10,12-13H2. The van der Waals surface area contributed by atoms with Crippen LogP contribution < -0.4 is 5.32 Å². The first-order valence-corrected chi connectivity index (χ1v) is 8.25. The van der Waals surface area contributed by atoms with Crippen LogP contribution in [0.3, 0.4) is 0 Å². The van der Waals surface area contributed by atoms with Gasteiger partial charge in [-0.2, -0.15) is 5.10 Å². The third kappa shape index (κ3) is 2.70. The topological polar surface area (TPSA) is 33.1 Å². The first-order chi connectivity index (χ1) is 10.4. The number of fused-ring (bicyclic) bond motifs is 1. The Morgan fingerprint density at radius 3 is 2.90 bits per heavy atom. The fraction of sp³-hybridized carbons (Fsp3) is 0.588. The van der Waals surface area contributed by atoms with E-state index in [1.54, 1.807) is 0 Å². The van der Waals surface area contributed by atoms with Gasteiger partial charge < -0.3 is 10.2 Å². The summed E-state index contributed by atoms with van der Waals surface area (Å²) >= 11 is 0. The van der Waals surface area contributed by atoms with Crippen LogP contribution >= 0.6 is 0 Å². The normalized spacial score (nSPS) is 24.9. The molecule has 4 rings (SSSR count). The molecule has 2 aliphatic heterocycles. The highest BCUT2D eigenvalue weighted by molar-refractivity contribution is 5.78. The van der Waals surface area contributed by atoms with E-state index in [2.05, 4.69) is 44.3 Å². The van der Waals surface area contributed by atoms with Gasteiger partial charge in [-0.3, -0.25) is 4.68 Å². The number of hydrogen-bond donors (Lipinski definition) is 1. The summed E-state index contributed by atoms with van der Waals surface area (Å²) in [5, 5.41) is 9.36. The number of para-hydroxylation sites is 1. The number of benzene rings is 1. The van der Waals surface area contributed by atoms with Crippen LogP contribution in [0.5, 0.6) is 0 Å². The van der Waals surface area contributed by atoms with Gasteiger partial charge in [0.25, 0.3) is 0 Å². The average molecular weight is 284 g/mol. The van der Waals surface area contributed by atoms with Crippen molar-refractivity contribution < 1.29 is 0 Å². The van der Waals surface area contributed by atoms with Gasteiger partial charge in [0, 0.05) is 25.0 Å². The zero-order chi connectivity index (χ0) is 14.1. The smallest absolute Gasteiger partial charge is 0.0686 e. The fourth-order valence-corrected chi connectivity index (χ4v) is 3.89. The SMILES string of the molecule is c1ccc2c(c1)cnn2C1CCN(CC2CCNCC2)C1. The molecule has 2 aliphatic rings. The Balaban J connectivity index is 1.43. The molecule has 2 saturated heterocycles. The lowest BCUT2D eigenvalue weighted by atomic mass is 9.98. The monoisotopic (exact) mass is 284 g/mol. The van der Waals surface area contributed by atoms with Crippen molar-refractivity contribution in [3.05, 3.63) is 30.5 Å². The molecule has 0 saturated carbocycles. The summed E-state index contributed by atoms with van der Waals surface area (Å²) in [6, 6.07) is 9.10. The molecule has 21 heavy (non-hydrogen) atoms. The second kappa shape index (κ2) is 5.78. The molecule has 4 heteroatoms. The molecule has 0 amide bonds. The molecule has 4 nitrogen and oxygen atoms in total. The van der Waals surface area contributed by atoms with Crippen molar-refractivity contribution in [2.24, 2.45) is 5.92 Å². The molecule has 1 atom stereocenters. The van der Waals surface area contributed by atoms with Crippen LogP contribution in [0.4, 0.5) is 0 Å². The minimum absolute atomic E-state index is 0.548. The maximum absolute atomic E-state index is 4.64. The Kier molecular flexibility index (Phi) is 3.65. The molecule has 0 spiro atoms. The summed E-state index contributed by atoms with van der Waals surface area (Å²) in [7, 11) is 0. The van der Waals surface area contributed by atoms with Gasteiger partial charge in [0.2, 0.25) is 0 Å². The molecule has 0 aliphatic carbocycles. The lowest BCUT2D eigenvalue weighted by Crippen LogP contribution is -2.35. The van der Waals surface area contributed by atoms with Crippen molar-refractivity contribution in [2.75, 3.05) is 32.7 Å². The van der Waals surface area contributed by atoms with Crippen LogP contribution in [0.1, 0.15) is 25.3 Å². The van der Waals surface area contributed by atoms with Crippen molar-refractivity contribution in [1.82, 2.24) is 20.0 Å². The van der Waals surface area contributed by atoms with E-state index in [1.165, 1.54) is 56.3 Å². The van der Waals surface area contributed by atoms with Gasteiger partial charge in [-0.1, -0.05) is 18.2 Å². The summed E-state index contributed by atoms with van der Waals surface area (Å²) < 4.78 is 2.25. The quantitative estimate of drug-likeness (QED) is 0.938. The summed E-state index contributed by atoms with van der Waals surface area (Å²) in [6.45, 7) is 6.06. The van der Waals surface area contributed by atoms with Crippen molar-refractivity contribution in [3.8, 4) is 0 Å². The summed E-state index contributed by atoms with van der Waals surface area (Å²) in [5.41, 5.74) is 1.28. The van der Waals surface area contributed by atoms with Crippen LogP contribution in [0, 0.1) is 5.92 Å². The lowest BCUT2D eigenvalue weighted by Gasteiger charge is -2.27. The van der Waals surface area contributed by atoms with Gasteiger partial charge in [-0.05, 0) is 44.3 Å². The highest BCUT2D eigenvalue weighted by atomic mass is 15.3. The second-order valence-electron chi connectivity index (χ2n) is 6.54.